The van der Waals surface area contributed by atoms with Gasteiger partial charge >= 0.3 is 0 Å². The van der Waals surface area contributed by atoms with Gasteiger partial charge in [-0.15, -0.1) is 0 Å². The van der Waals surface area contributed by atoms with Crippen molar-refractivity contribution in [3.63, 3.8) is 0 Å². The lowest BCUT2D eigenvalue weighted by Crippen LogP contribution is -2.34. The van der Waals surface area contributed by atoms with Crippen LogP contribution in [0.15, 0.2) is 18.2 Å². The van der Waals surface area contributed by atoms with Crippen LogP contribution in [-0.2, 0) is 0 Å². The smallest absolute Gasteiger partial charge is 0.120 e. The average molecular weight is 163 g/mol. The maximum atomic E-state index is 9.59. The zero-order chi connectivity index (χ0) is 8.55. The standard InChI is InChI=1S/C10H13NO/c1-7-2-3-8(10(12)6-7)9-4-5-11-9/h2-3,6,9,11-12H,4-5H2,1H3. The molecule has 1 aromatic carbocycles. The summed E-state index contributed by atoms with van der Waals surface area (Å²) in [6, 6.07) is 6.23. The molecule has 1 aromatic rings. The first kappa shape index (κ1) is 7.62. The van der Waals surface area contributed by atoms with E-state index >= 15 is 0 Å². The Hall–Kier alpha value is -1.02. The van der Waals surface area contributed by atoms with Gasteiger partial charge in [0.05, 0.1) is 0 Å². The molecule has 1 fully saturated rings. The number of aromatic hydroxyl groups is 1. The average Bonchev–Trinajstić information content (AvgIpc) is 1.91. The van der Waals surface area contributed by atoms with Gasteiger partial charge in [0, 0.05) is 11.6 Å². The van der Waals surface area contributed by atoms with Crippen molar-refractivity contribution < 1.29 is 5.11 Å². The Morgan fingerprint density at radius 2 is 2.25 bits per heavy atom. The van der Waals surface area contributed by atoms with Crippen LogP contribution < -0.4 is 5.32 Å². The van der Waals surface area contributed by atoms with Crippen LogP contribution in [0.1, 0.15) is 23.6 Å². The molecule has 1 heterocycles. The Labute approximate surface area is 72.2 Å². The van der Waals surface area contributed by atoms with E-state index in [1.807, 2.05) is 25.1 Å². The van der Waals surface area contributed by atoms with Crippen molar-refractivity contribution in [3.05, 3.63) is 29.3 Å². The first-order valence-electron chi connectivity index (χ1n) is 4.30. The molecule has 0 amide bonds. The van der Waals surface area contributed by atoms with E-state index in [-0.39, 0.29) is 0 Å². The lowest BCUT2D eigenvalue weighted by atomic mass is 9.96. The SMILES string of the molecule is Cc1ccc(C2CCN2)c(O)c1. The Morgan fingerprint density at radius 3 is 2.75 bits per heavy atom. The first-order valence-corrected chi connectivity index (χ1v) is 4.30. The van der Waals surface area contributed by atoms with E-state index in [4.69, 9.17) is 0 Å². The molecule has 0 radical (unpaired) electrons. The Morgan fingerprint density at radius 1 is 1.50 bits per heavy atom. The van der Waals surface area contributed by atoms with Gasteiger partial charge in [-0.2, -0.15) is 0 Å². The van der Waals surface area contributed by atoms with Gasteiger partial charge in [0.1, 0.15) is 5.75 Å². The highest BCUT2D eigenvalue weighted by atomic mass is 16.3. The zero-order valence-corrected chi connectivity index (χ0v) is 7.17. The molecular formula is C10H13NO. The van der Waals surface area contributed by atoms with Gasteiger partial charge in [-0.05, 0) is 31.5 Å². The van der Waals surface area contributed by atoms with Crippen molar-refractivity contribution in [1.29, 1.82) is 0 Å². The van der Waals surface area contributed by atoms with Crippen LogP contribution >= 0.6 is 0 Å². The number of nitrogens with one attached hydrogen (secondary N) is 1. The second-order valence-corrected chi connectivity index (χ2v) is 3.36. The van der Waals surface area contributed by atoms with Crippen LogP contribution in [0.3, 0.4) is 0 Å². The van der Waals surface area contributed by atoms with Crippen LogP contribution in [-0.4, -0.2) is 11.7 Å². The van der Waals surface area contributed by atoms with E-state index in [0.29, 0.717) is 11.8 Å². The maximum absolute atomic E-state index is 9.59. The molecule has 1 aliphatic heterocycles. The highest BCUT2D eigenvalue weighted by Gasteiger charge is 2.20. The van der Waals surface area contributed by atoms with Crippen molar-refractivity contribution in [1.82, 2.24) is 5.32 Å². The van der Waals surface area contributed by atoms with Gasteiger partial charge in [0.25, 0.3) is 0 Å². The van der Waals surface area contributed by atoms with Gasteiger partial charge in [0.2, 0.25) is 0 Å². The maximum Gasteiger partial charge on any atom is 0.120 e. The van der Waals surface area contributed by atoms with Crippen molar-refractivity contribution in [2.24, 2.45) is 0 Å². The number of hydrogen-bond acceptors (Lipinski definition) is 2. The molecule has 2 nitrogen and oxygen atoms in total. The predicted octanol–water partition coefficient (Wildman–Crippen LogP) is 1.74. The van der Waals surface area contributed by atoms with Crippen molar-refractivity contribution in [2.45, 2.75) is 19.4 Å². The Kier molecular flexibility index (Phi) is 1.77. The fourth-order valence-corrected chi connectivity index (χ4v) is 1.50. The highest BCUT2D eigenvalue weighted by Crippen LogP contribution is 2.30. The summed E-state index contributed by atoms with van der Waals surface area (Å²) in [4.78, 5) is 0. The zero-order valence-electron chi connectivity index (χ0n) is 7.17. The van der Waals surface area contributed by atoms with Crippen molar-refractivity contribution in [2.75, 3.05) is 6.54 Å². The summed E-state index contributed by atoms with van der Waals surface area (Å²) in [5.41, 5.74) is 2.14. The number of benzene rings is 1. The lowest BCUT2D eigenvalue weighted by Gasteiger charge is -2.28. The lowest BCUT2D eigenvalue weighted by molar-refractivity contribution is 0.364. The normalized spacial score (nSPS) is 21.9. The minimum atomic E-state index is 0.380. The van der Waals surface area contributed by atoms with E-state index in [0.717, 1.165) is 24.1 Å². The summed E-state index contributed by atoms with van der Waals surface area (Å²) in [5.74, 6) is 0.423. The third kappa shape index (κ3) is 1.18. The van der Waals surface area contributed by atoms with Gasteiger partial charge < -0.3 is 10.4 Å². The van der Waals surface area contributed by atoms with E-state index in [1.54, 1.807) is 0 Å². The van der Waals surface area contributed by atoms with Gasteiger partial charge in [-0.25, -0.2) is 0 Å². The van der Waals surface area contributed by atoms with E-state index in [2.05, 4.69) is 5.32 Å². The van der Waals surface area contributed by atoms with Crippen LogP contribution in [0.5, 0.6) is 5.75 Å². The third-order valence-electron chi connectivity index (χ3n) is 2.39. The minimum Gasteiger partial charge on any atom is -0.508 e. The highest BCUT2D eigenvalue weighted by molar-refractivity contribution is 5.38. The molecule has 0 saturated carbocycles. The molecule has 1 unspecified atom stereocenters. The molecule has 0 bridgehead atoms. The summed E-state index contributed by atoms with van der Waals surface area (Å²) in [6.45, 7) is 3.05. The monoisotopic (exact) mass is 163 g/mol. The summed E-state index contributed by atoms with van der Waals surface area (Å²) in [5, 5.41) is 12.8. The first-order chi connectivity index (χ1) is 5.77. The number of hydrogen-bond donors (Lipinski definition) is 2. The second-order valence-electron chi connectivity index (χ2n) is 3.36. The molecule has 64 valence electrons. The second kappa shape index (κ2) is 2.79. The van der Waals surface area contributed by atoms with Crippen LogP contribution in [0, 0.1) is 6.92 Å². The van der Waals surface area contributed by atoms with Gasteiger partial charge in [-0.1, -0.05) is 12.1 Å². The minimum absolute atomic E-state index is 0.380. The van der Waals surface area contributed by atoms with Crippen LogP contribution in [0.4, 0.5) is 0 Å². The van der Waals surface area contributed by atoms with Crippen molar-refractivity contribution >= 4 is 0 Å². The number of rotatable bonds is 1. The quantitative estimate of drug-likeness (QED) is 0.661. The molecule has 2 heteroatoms. The Bertz CT molecular complexity index is 292. The van der Waals surface area contributed by atoms with E-state index in [1.165, 1.54) is 0 Å². The third-order valence-corrected chi connectivity index (χ3v) is 2.39. The van der Waals surface area contributed by atoms with Gasteiger partial charge in [-0.3, -0.25) is 0 Å². The van der Waals surface area contributed by atoms with E-state index < -0.39 is 0 Å². The Balaban J connectivity index is 2.31. The summed E-state index contributed by atoms with van der Waals surface area (Å²) in [7, 11) is 0. The molecule has 2 N–H and O–H groups in total. The molecule has 12 heavy (non-hydrogen) atoms. The fourth-order valence-electron chi connectivity index (χ4n) is 1.50. The van der Waals surface area contributed by atoms with Crippen molar-refractivity contribution in [3.8, 4) is 5.75 Å². The summed E-state index contributed by atoms with van der Waals surface area (Å²) >= 11 is 0. The molecule has 1 aliphatic rings. The fraction of sp³-hybridized carbons (Fsp3) is 0.400. The number of phenols is 1. The molecule has 2 rings (SSSR count). The molecule has 0 spiro atoms. The molecule has 0 aromatic heterocycles. The largest absolute Gasteiger partial charge is 0.508 e. The van der Waals surface area contributed by atoms with Crippen LogP contribution in [0.25, 0.3) is 0 Å². The molecule has 1 saturated heterocycles. The van der Waals surface area contributed by atoms with Gasteiger partial charge in [0.15, 0.2) is 0 Å². The predicted molar refractivity (Wildman–Crippen MR) is 48.2 cm³/mol. The molecular weight excluding hydrogens is 150 g/mol. The topological polar surface area (TPSA) is 32.3 Å². The molecule has 1 atom stereocenters. The summed E-state index contributed by atoms with van der Waals surface area (Å²) in [6.07, 6.45) is 1.14. The molecule has 0 aliphatic carbocycles. The number of phenolic OH excluding ortho intramolecular Hbond substituents is 1. The summed E-state index contributed by atoms with van der Waals surface area (Å²) < 4.78 is 0. The number of aryl methyl sites for hydroxylation is 1. The van der Waals surface area contributed by atoms with E-state index in [9.17, 15) is 5.11 Å². The van der Waals surface area contributed by atoms with Crippen LogP contribution in [0.2, 0.25) is 0 Å².